The summed E-state index contributed by atoms with van der Waals surface area (Å²) < 4.78 is 70.6. The van der Waals surface area contributed by atoms with Crippen LogP contribution in [0.15, 0.2) is 42.7 Å². The number of alkyl halides is 3. The molecule has 1 N–H and O–H groups in total. The summed E-state index contributed by atoms with van der Waals surface area (Å²) in [5.74, 6) is -0.127. The molecule has 6 rings (SSSR count). The second-order valence-electron chi connectivity index (χ2n) is 12.2. The number of hydrogen-bond acceptors (Lipinski definition) is 6. The summed E-state index contributed by atoms with van der Waals surface area (Å²) in [4.78, 5) is 28.2. The minimum absolute atomic E-state index is 0.0799. The fraction of sp³-hybridized carbons (Fsp3) is 0.448. The third kappa shape index (κ3) is 4.82. The molecule has 2 fully saturated rings. The van der Waals surface area contributed by atoms with Crippen molar-refractivity contribution in [2.45, 2.75) is 56.4 Å². The SMILES string of the molecule is Cn1cnnc1C1(c2cccc(N3Cc4c(cc(CN(C(=O)O)C5(C)CCC5)cc4C(F)(F)F)C3=O)c2)CN(S(C)(=O)=O)C1. The van der Waals surface area contributed by atoms with Crippen molar-refractivity contribution in [3.8, 4) is 0 Å². The van der Waals surface area contributed by atoms with E-state index in [0.717, 1.165) is 23.6 Å². The molecule has 1 saturated heterocycles. The number of amides is 2. The smallest absolute Gasteiger partial charge is 0.416 e. The first-order chi connectivity index (χ1) is 20.5. The summed E-state index contributed by atoms with van der Waals surface area (Å²) in [6, 6.07) is 9.04. The Labute approximate surface area is 251 Å². The highest BCUT2D eigenvalue weighted by Gasteiger charge is 2.52. The number of aryl methyl sites for hydroxylation is 1. The normalized spacial score (nSPS) is 19.3. The summed E-state index contributed by atoms with van der Waals surface area (Å²) in [5.41, 5.74) is -1.77. The molecule has 44 heavy (non-hydrogen) atoms. The van der Waals surface area contributed by atoms with Gasteiger partial charge < -0.3 is 14.6 Å². The lowest BCUT2D eigenvalue weighted by Gasteiger charge is -2.48. The van der Waals surface area contributed by atoms with Gasteiger partial charge in [0, 0.05) is 43.5 Å². The summed E-state index contributed by atoms with van der Waals surface area (Å²) in [6.07, 6.45) is -1.35. The van der Waals surface area contributed by atoms with Crippen LogP contribution in [-0.2, 0) is 41.8 Å². The lowest BCUT2D eigenvalue weighted by molar-refractivity contribution is -0.138. The number of halogens is 3. The number of hydrogen-bond donors (Lipinski definition) is 1. The van der Waals surface area contributed by atoms with Crippen LogP contribution in [0.1, 0.15) is 64.6 Å². The van der Waals surface area contributed by atoms with E-state index in [0.29, 0.717) is 29.9 Å². The number of rotatable bonds is 7. The lowest BCUT2D eigenvalue weighted by atomic mass is 9.74. The van der Waals surface area contributed by atoms with E-state index in [1.165, 1.54) is 21.6 Å². The molecule has 0 bridgehead atoms. The van der Waals surface area contributed by atoms with Crippen LogP contribution in [0.3, 0.4) is 0 Å². The van der Waals surface area contributed by atoms with E-state index in [2.05, 4.69) is 10.2 Å². The predicted octanol–water partition coefficient (Wildman–Crippen LogP) is 3.98. The Morgan fingerprint density at radius 1 is 1.16 bits per heavy atom. The van der Waals surface area contributed by atoms with Crippen molar-refractivity contribution in [2.24, 2.45) is 7.05 Å². The molecule has 0 radical (unpaired) electrons. The van der Waals surface area contributed by atoms with Gasteiger partial charge in [0.25, 0.3) is 5.91 Å². The number of anilines is 1. The number of benzene rings is 2. The van der Waals surface area contributed by atoms with Crippen LogP contribution in [-0.4, -0.2) is 74.4 Å². The highest BCUT2D eigenvalue weighted by Crippen LogP contribution is 2.44. The van der Waals surface area contributed by atoms with Gasteiger partial charge in [-0.2, -0.15) is 17.5 Å². The van der Waals surface area contributed by atoms with Gasteiger partial charge in [-0.15, -0.1) is 10.2 Å². The zero-order chi connectivity index (χ0) is 31.8. The Kier molecular flexibility index (Phi) is 6.85. The number of carbonyl (C=O) groups excluding carboxylic acids is 1. The molecule has 1 aromatic heterocycles. The van der Waals surface area contributed by atoms with Crippen LogP contribution in [0.25, 0.3) is 0 Å². The number of nitrogens with zero attached hydrogens (tertiary/aromatic N) is 6. The molecule has 0 unspecified atom stereocenters. The Bertz CT molecular complexity index is 1780. The Hall–Kier alpha value is -3.98. The molecule has 0 atom stereocenters. The molecule has 3 heterocycles. The van der Waals surface area contributed by atoms with Crippen molar-refractivity contribution in [1.29, 1.82) is 0 Å². The van der Waals surface area contributed by atoms with Crippen LogP contribution in [0, 0.1) is 0 Å². The molecule has 1 saturated carbocycles. The Morgan fingerprint density at radius 3 is 2.41 bits per heavy atom. The van der Waals surface area contributed by atoms with Gasteiger partial charge in [0.05, 0.1) is 23.8 Å². The van der Waals surface area contributed by atoms with Crippen molar-refractivity contribution in [1.82, 2.24) is 24.0 Å². The van der Waals surface area contributed by atoms with E-state index >= 15 is 0 Å². The summed E-state index contributed by atoms with van der Waals surface area (Å²) in [6.45, 7) is 1.32. The third-order valence-corrected chi connectivity index (χ3v) is 10.5. The largest absolute Gasteiger partial charge is 0.465 e. The van der Waals surface area contributed by atoms with E-state index in [-0.39, 0.29) is 42.9 Å². The van der Waals surface area contributed by atoms with Crippen LogP contribution in [0.2, 0.25) is 0 Å². The van der Waals surface area contributed by atoms with Crippen molar-refractivity contribution >= 4 is 27.7 Å². The molecule has 3 aromatic rings. The van der Waals surface area contributed by atoms with Gasteiger partial charge in [-0.1, -0.05) is 12.1 Å². The van der Waals surface area contributed by atoms with Crippen LogP contribution >= 0.6 is 0 Å². The second kappa shape index (κ2) is 10.0. The highest BCUT2D eigenvalue weighted by molar-refractivity contribution is 7.88. The highest BCUT2D eigenvalue weighted by atomic mass is 32.2. The molecule has 234 valence electrons. The molecular weight excluding hydrogens is 601 g/mol. The quantitative estimate of drug-likeness (QED) is 0.417. The van der Waals surface area contributed by atoms with E-state index in [1.807, 2.05) is 0 Å². The minimum atomic E-state index is -4.77. The molecular formula is C29H31F3N6O5S. The van der Waals surface area contributed by atoms with Crippen molar-refractivity contribution in [2.75, 3.05) is 24.2 Å². The zero-order valence-electron chi connectivity index (χ0n) is 24.3. The molecule has 3 aliphatic rings. The van der Waals surface area contributed by atoms with Gasteiger partial charge in [-0.25, -0.2) is 13.2 Å². The standard InChI is InChI=1S/C29H31F3N6O5S/c1-27(8-5-9-27)38(26(40)41)13-18-10-21-22(23(11-18)29(30,31)32)14-37(24(21)39)20-7-4-6-19(12-20)28(25-34-33-17-35(25)2)15-36(16-28)44(3,42)43/h4,6-7,10-12,17H,5,8-9,13-16H2,1-3H3,(H,40,41). The number of aromatic nitrogens is 3. The molecule has 2 aliphatic heterocycles. The van der Waals surface area contributed by atoms with Crippen LogP contribution < -0.4 is 4.90 Å². The van der Waals surface area contributed by atoms with Gasteiger partial charge in [0.2, 0.25) is 10.0 Å². The summed E-state index contributed by atoms with van der Waals surface area (Å²) in [7, 11) is -1.77. The summed E-state index contributed by atoms with van der Waals surface area (Å²) >= 11 is 0. The van der Waals surface area contributed by atoms with Crippen LogP contribution in [0.4, 0.5) is 23.7 Å². The first kappa shape index (κ1) is 30.1. The molecule has 2 aromatic carbocycles. The topological polar surface area (TPSA) is 129 Å². The van der Waals surface area contributed by atoms with E-state index < -0.39 is 44.7 Å². The summed E-state index contributed by atoms with van der Waals surface area (Å²) in [5, 5.41) is 18.0. The van der Waals surface area contributed by atoms with E-state index in [9.17, 15) is 36.3 Å². The monoisotopic (exact) mass is 632 g/mol. The lowest BCUT2D eigenvalue weighted by Crippen LogP contribution is -2.62. The van der Waals surface area contributed by atoms with Gasteiger partial charge >= 0.3 is 12.3 Å². The molecule has 0 spiro atoms. The minimum Gasteiger partial charge on any atom is -0.465 e. The maximum atomic E-state index is 14.4. The maximum Gasteiger partial charge on any atom is 0.416 e. The zero-order valence-corrected chi connectivity index (χ0v) is 25.1. The van der Waals surface area contributed by atoms with Gasteiger partial charge in [0.15, 0.2) is 0 Å². The maximum absolute atomic E-state index is 14.4. The van der Waals surface area contributed by atoms with E-state index in [1.54, 1.807) is 42.8 Å². The van der Waals surface area contributed by atoms with Crippen LogP contribution in [0.5, 0.6) is 0 Å². The van der Waals surface area contributed by atoms with Crippen molar-refractivity contribution in [3.05, 3.63) is 76.4 Å². The Balaban J connectivity index is 1.37. The molecule has 1 aliphatic carbocycles. The van der Waals surface area contributed by atoms with Gasteiger partial charge in [0.1, 0.15) is 12.2 Å². The number of carbonyl (C=O) groups is 2. The molecule has 11 nitrogen and oxygen atoms in total. The Morgan fingerprint density at radius 2 is 1.86 bits per heavy atom. The van der Waals surface area contributed by atoms with Crippen molar-refractivity contribution in [3.63, 3.8) is 0 Å². The fourth-order valence-electron chi connectivity index (χ4n) is 6.58. The third-order valence-electron chi connectivity index (χ3n) is 9.27. The van der Waals surface area contributed by atoms with Gasteiger partial charge in [-0.3, -0.25) is 9.69 Å². The van der Waals surface area contributed by atoms with E-state index in [4.69, 9.17) is 0 Å². The number of sulfonamides is 1. The average molecular weight is 633 g/mol. The average Bonchev–Trinajstić information content (AvgIpc) is 3.47. The van der Waals surface area contributed by atoms with Crippen molar-refractivity contribution < 1.29 is 36.3 Å². The predicted molar refractivity (Wildman–Crippen MR) is 152 cm³/mol. The molecule has 15 heteroatoms. The van der Waals surface area contributed by atoms with Gasteiger partial charge in [-0.05, 0) is 67.1 Å². The first-order valence-electron chi connectivity index (χ1n) is 14.0. The number of fused-ring (bicyclic) bond motifs is 1. The molecule has 2 amide bonds. The fourth-order valence-corrected chi connectivity index (χ4v) is 7.49. The second-order valence-corrected chi connectivity index (χ2v) is 14.2. The first-order valence-corrected chi connectivity index (χ1v) is 15.8. The number of carboxylic acid groups (broad SMARTS) is 1.